The molecule has 0 saturated heterocycles. The molecule has 1 N–H and O–H groups in total. The lowest BCUT2D eigenvalue weighted by Gasteiger charge is -2.19. The van der Waals surface area contributed by atoms with E-state index in [2.05, 4.69) is 5.32 Å². The highest BCUT2D eigenvalue weighted by Gasteiger charge is 2.17. The van der Waals surface area contributed by atoms with Gasteiger partial charge in [0.2, 0.25) is 5.91 Å². The fourth-order valence-corrected chi connectivity index (χ4v) is 4.06. The first-order valence-electron chi connectivity index (χ1n) is 12.1. The summed E-state index contributed by atoms with van der Waals surface area (Å²) >= 11 is 0. The number of hydrogen-bond donors (Lipinski definition) is 1. The Morgan fingerprint density at radius 3 is 2.56 bits per heavy atom. The molecule has 2 amide bonds. The van der Waals surface area contributed by atoms with Crippen LogP contribution < -0.4 is 10.1 Å². The number of carbonyl (C=O) groups excluding carboxylic acids is 2. The Morgan fingerprint density at radius 1 is 1.00 bits per heavy atom. The Hall–Kier alpha value is -4.13. The predicted molar refractivity (Wildman–Crippen MR) is 141 cm³/mol. The fourth-order valence-electron chi connectivity index (χ4n) is 4.06. The van der Waals surface area contributed by atoms with E-state index in [1.165, 1.54) is 0 Å². The van der Waals surface area contributed by atoms with Crippen molar-refractivity contribution in [2.24, 2.45) is 0 Å². The Balaban J connectivity index is 1.37. The Morgan fingerprint density at radius 2 is 1.75 bits per heavy atom. The number of likely N-dealkylation sites (N-methyl/N-ethyl adjacent to an activating group) is 1. The zero-order chi connectivity index (χ0) is 25.5. The van der Waals surface area contributed by atoms with Crippen LogP contribution in [0.3, 0.4) is 0 Å². The summed E-state index contributed by atoms with van der Waals surface area (Å²) in [5.74, 6) is 1.27. The summed E-state index contributed by atoms with van der Waals surface area (Å²) in [6, 6.07) is 23.6. The van der Waals surface area contributed by atoms with Crippen LogP contribution in [0.2, 0.25) is 0 Å². The van der Waals surface area contributed by atoms with Gasteiger partial charge in [-0.25, -0.2) is 4.98 Å². The molecule has 36 heavy (non-hydrogen) atoms. The zero-order valence-corrected chi connectivity index (χ0v) is 21.0. The van der Waals surface area contributed by atoms with E-state index in [-0.39, 0.29) is 25.0 Å². The molecule has 0 saturated carbocycles. The van der Waals surface area contributed by atoms with Gasteiger partial charge in [0.05, 0.1) is 11.0 Å². The van der Waals surface area contributed by atoms with Gasteiger partial charge in [0.25, 0.3) is 5.91 Å². The van der Waals surface area contributed by atoms with E-state index in [9.17, 15) is 9.59 Å². The molecule has 0 spiro atoms. The number of hydrogen-bond acceptors (Lipinski definition) is 4. The summed E-state index contributed by atoms with van der Waals surface area (Å²) in [7, 11) is 1.81. The van der Waals surface area contributed by atoms with E-state index in [1.54, 1.807) is 4.90 Å². The summed E-state index contributed by atoms with van der Waals surface area (Å²) in [4.78, 5) is 31.9. The number of nitrogens with zero attached hydrogens (tertiary/aromatic N) is 3. The van der Waals surface area contributed by atoms with Gasteiger partial charge >= 0.3 is 0 Å². The summed E-state index contributed by atoms with van der Waals surface area (Å²) in [6.45, 7) is 5.01. The predicted octanol–water partition coefficient (Wildman–Crippen LogP) is 4.05. The number of imidazole rings is 1. The number of para-hydroxylation sites is 2. The van der Waals surface area contributed by atoms with Crippen LogP contribution in [0.5, 0.6) is 5.75 Å². The molecule has 7 heteroatoms. The normalized spacial score (nSPS) is 10.9. The lowest BCUT2D eigenvalue weighted by Crippen LogP contribution is -2.32. The van der Waals surface area contributed by atoms with Crippen molar-refractivity contribution in [2.45, 2.75) is 33.4 Å². The lowest BCUT2D eigenvalue weighted by atomic mass is 10.1. The van der Waals surface area contributed by atoms with Crippen molar-refractivity contribution < 1.29 is 14.3 Å². The second-order valence-corrected chi connectivity index (χ2v) is 9.00. The van der Waals surface area contributed by atoms with Crippen LogP contribution in [0.4, 0.5) is 0 Å². The molecule has 186 valence electrons. The molecule has 0 bridgehead atoms. The number of nitrogens with one attached hydrogen (secondary N) is 1. The van der Waals surface area contributed by atoms with Gasteiger partial charge in [-0.05, 0) is 48.7 Å². The van der Waals surface area contributed by atoms with E-state index in [1.807, 2.05) is 98.3 Å². The number of carbonyl (C=O) groups is 2. The number of fused-ring (bicyclic) bond motifs is 1. The van der Waals surface area contributed by atoms with Crippen LogP contribution in [0.1, 0.15) is 22.5 Å². The third kappa shape index (κ3) is 6.30. The maximum atomic E-state index is 13.1. The maximum Gasteiger partial charge on any atom is 0.257 e. The lowest BCUT2D eigenvalue weighted by molar-refractivity contribution is -0.131. The SMILES string of the molecule is Cc1ccc(C)c(OCC(=O)NCCc2nc3ccccc3n2CC(=O)N(C)Cc2ccccc2)c1. The molecule has 4 rings (SSSR count). The Bertz CT molecular complexity index is 1350. The molecule has 0 atom stereocenters. The largest absolute Gasteiger partial charge is 0.483 e. The van der Waals surface area contributed by atoms with Gasteiger partial charge in [-0.3, -0.25) is 9.59 Å². The minimum absolute atomic E-state index is 0.00536. The molecular formula is C29H32N4O3. The van der Waals surface area contributed by atoms with Crippen LogP contribution in [0, 0.1) is 13.8 Å². The first kappa shape index (κ1) is 25.0. The Labute approximate surface area is 211 Å². The highest BCUT2D eigenvalue weighted by molar-refractivity contribution is 5.81. The molecule has 0 aliphatic carbocycles. The summed E-state index contributed by atoms with van der Waals surface area (Å²) in [5.41, 5.74) is 4.88. The fraction of sp³-hybridized carbons (Fsp3) is 0.276. The Kier molecular flexibility index (Phi) is 8.00. The van der Waals surface area contributed by atoms with Crippen molar-refractivity contribution in [2.75, 3.05) is 20.2 Å². The van der Waals surface area contributed by atoms with Crippen molar-refractivity contribution in [3.05, 3.63) is 95.3 Å². The topological polar surface area (TPSA) is 76.5 Å². The first-order chi connectivity index (χ1) is 17.4. The maximum absolute atomic E-state index is 13.1. The average molecular weight is 485 g/mol. The molecule has 4 aromatic rings. The van der Waals surface area contributed by atoms with Gasteiger partial charge in [0, 0.05) is 26.6 Å². The van der Waals surface area contributed by atoms with Crippen molar-refractivity contribution in [3.8, 4) is 5.75 Å². The standard InChI is InChI=1S/C29H32N4O3/c1-21-13-14-22(2)26(17-21)36-20-28(34)30-16-15-27-31-24-11-7-8-12-25(24)33(27)19-29(35)32(3)18-23-9-5-4-6-10-23/h4-14,17H,15-16,18-20H2,1-3H3,(H,30,34). The number of aromatic nitrogens is 2. The summed E-state index contributed by atoms with van der Waals surface area (Å²) in [5, 5.41) is 2.90. The molecule has 3 aromatic carbocycles. The highest BCUT2D eigenvalue weighted by Crippen LogP contribution is 2.19. The second kappa shape index (κ2) is 11.5. The van der Waals surface area contributed by atoms with Gasteiger partial charge in [-0.2, -0.15) is 0 Å². The molecular weight excluding hydrogens is 452 g/mol. The molecule has 1 heterocycles. The minimum Gasteiger partial charge on any atom is -0.483 e. The summed E-state index contributed by atoms with van der Waals surface area (Å²) < 4.78 is 7.64. The average Bonchev–Trinajstić information content (AvgIpc) is 3.22. The van der Waals surface area contributed by atoms with E-state index >= 15 is 0 Å². The van der Waals surface area contributed by atoms with E-state index in [0.717, 1.165) is 33.5 Å². The van der Waals surface area contributed by atoms with E-state index < -0.39 is 0 Å². The van der Waals surface area contributed by atoms with Crippen molar-refractivity contribution in [1.82, 2.24) is 19.8 Å². The van der Waals surface area contributed by atoms with Gasteiger partial charge in [-0.1, -0.05) is 54.6 Å². The third-order valence-electron chi connectivity index (χ3n) is 6.09. The van der Waals surface area contributed by atoms with Crippen LogP contribution >= 0.6 is 0 Å². The van der Waals surface area contributed by atoms with Crippen molar-refractivity contribution >= 4 is 22.8 Å². The van der Waals surface area contributed by atoms with Crippen LogP contribution in [-0.2, 0) is 29.1 Å². The molecule has 0 unspecified atom stereocenters. The van der Waals surface area contributed by atoms with Crippen LogP contribution in [0.25, 0.3) is 11.0 Å². The van der Waals surface area contributed by atoms with Crippen molar-refractivity contribution in [1.29, 1.82) is 0 Å². The molecule has 0 aliphatic heterocycles. The number of ether oxygens (including phenoxy) is 1. The van der Waals surface area contributed by atoms with Gasteiger partial charge < -0.3 is 19.5 Å². The third-order valence-corrected chi connectivity index (χ3v) is 6.09. The summed E-state index contributed by atoms with van der Waals surface area (Å²) in [6.07, 6.45) is 0.500. The number of amides is 2. The molecule has 1 aromatic heterocycles. The molecule has 7 nitrogen and oxygen atoms in total. The van der Waals surface area contributed by atoms with Crippen LogP contribution in [-0.4, -0.2) is 46.5 Å². The minimum atomic E-state index is -0.197. The number of aryl methyl sites for hydroxylation is 2. The van der Waals surface area contributed by atoms with Gasteiger partial charge in [0.15, 0.2) is 6.61 Å². The quantitative estimate of drug-likeness (QED) is 0.369. The van der Waals surface area contributed by atoms with E-state index in [4.69, 9.17) is 9.72 Å². The monoisotopic (exact) mass is 484 g/mol. The molecule has 0 radical (unpaired) electrons. The smallest absolute Gasteiger partial charge is 0.257 e. The molecule has 0 fully saturated rings. The van der Waals surface area contributed by atoms with Crippen molar-refractivity contribution in [3.63, 3.8) is 0 Å². The van der Waals surface area contributed by atoms with Gasteiger partial charge in [-0.15, -0.1) is 0 Å². The van der Waals surface area contributed by atoms with E-state index in [0.29, 0.717) is 25.3 Å². The second-order valence-electron chi connectivity index (χ2n) is 9.00. The highest BCUT2D eigenvalue weighted by atomic mass is 16.5. The number of rotatable bonds is 10. The first-order valence-corrected chi connectivity index (χ1v) is 12.1. The number of benzene rings is 3. The van der Waals surface area contributed by atoms with Crippen LogP contribution in [0.15, 0.2) is 72.8 Å². The van der Waals surface area contributed by atoms with Gasteiger partial charge in [0.1, 0.15) is 18.1 Å². The molecule has 0 aliphatic rings. The zero-order valence-electron chi connectivity index (χ0n) is 21.0.